The average Bonchev–Trinajstić information content (AvgIpc) is 3.13. The first-order chi connectivity index (χ1) is 13.4. The molecule has 164 valence electrons. The fraction of sp³-hybridized carbons (Fsp3) is 0.636. The summed E-state index contributed by atoms with van der Waals surface area (Å²) >= 11 is 0. The average molecular weight is 516 g/mol. The van der Waals surface area contributed by atoms with Gasteiger partial charge >= 0.3 is 0 Å². The minimum Gasteiger partial charge on any atom is -0.491 e. The van der Waals surface area contributed by atoms with Crippen LogP contribution in [0, 0.1) is 5.41 Å². The van der Waals surface area contributed by atoms with Crippen LogP contribution in [0.4, 0.5) is 0 Å². The summed E-state index contributed by atoms with van der Waals surface area (Å²) in [6.45, 7) is 8.03. The number of hydrogen-bond donors (Lipinski definition) is 2. The summed E-state index contributed by atoms with van der Waals surface area (Å²) in [6, 6.07) is 8.04. The molecule has 1 saturated carbocycles. The van der Waals surface area contributed by atoms with Crippen molar-refractivity contribution in [1.29, 1.82) is 0 Å². The minimum atomic E-state index is -0.315. The number of carbonyl (C=O) groups excluding carboxylic acids is 1. The molecule has 7 heteroatoms. The number of amides is 1. The van der Waals surface area contributed by atoms with Gasteiger partial charge in [-0.15, -0.1) is 24.0 Å². The van der Waals surface area contributed by atoms with Crippen LogP contribution < -0.4 is 15.4 Å². The van der Waals surface area contributed by atoms with E-state index in [1.54, 1.807) is 4.90 Å². The number of aliphatic imine (C=N–C) groups is 1. The van der Waals surface area contributed by atoms with Crippen molar-refractivity contribution in [3.8, 4) is 5.75 Å². The van der Waals surface area contributed by atoms with Crippen molar-refractivity contribution >= 4 is 35.8 Å². The Morgan fingerprint density at radius 1 is 1.24 bits per heavy atom. The molecular formula is C22H37IN4O2. The summed E-state index contributed by atoms with van der Waals surface area (Å²) in [6.07, 6.45) is 4.24. The molecule has 0 radical (unpaired) electrons. The van der Waals surface area contributed by atoms with Crippen LogP contribution in [-0.2, 0) is 11.3 Å². The Balaban J connectivity index is 0.00000420. The van der Waals surface area contributed by atoms with Gasteiger partial charge in [-0.3, -0.25) is 4.79 Å². The lowest BCUT2D eigenvalue weighted by atomic mass is 9.84. The van der Waals surface area contributed by atoms with E-state index < -0.39 is 0 Å². The van der Waals surface area contributed by atoms with E-state index >= 15 is 0 Å². The highest BCUT2D eigenvalue weighted by Gasteiger charge is 2.42. The van der Waals surface area contributed by atoms with Gasteiger partial charge in [0.2, 0.25) is 5.91 Å². The SMILES string of the molecule is CCNC(=NCc1cccc(OC(C)C)c1)NCC1(C(=O)N(C)C)CCCC1.I. The van der Waals surface area contributed by atoms with Crippen LogP contribution in [0.1, 0.15) is 52.0 Å². The third-order valence-corrected chi connectivity index (χ3v) is 5.05. The van der Waals surface area contributed by atoms with Crippen LogP contribution in [-0.4, -0.2) is 50.1 Å². The molecule has 1 aliphatic carbocycles. The van der Waals surface area contributed by atoms with Crippen LogP contribution >= 0.6 is 24.0 Å². The highest BCUT2D eigenvalue weighted by molar-refractivity contribution is 14.0. The molecular weight excluding hydrogens is 479 g/mol. The lowest BCUT2D eigenvalue weighted by molar-refractivity contribution is -0.138. The Morgan fingerprint density at radius 3 is 2.52 bits per heavy atom. The summed E-state index contributed by atoms with van der Waals surface area (Å²) in [7, 11) is 3.68. The van der Waals surface area contributed by atoms with E-state index in [0.717, 1.165) is 49.5 Å². The Morgan fingerprint density at radius 2 is 1.93 bits per heavy atom. The van der Waals surface area contributed by atoms with Crippen molar-refractivity contribution in [2.75, 3.05) is 27.2 Å². The number of hydrogen-bond acceptors (Lipinski definition) is 3. The second-order valence-electron chi connectivity index (χ2n) is 8.05. The molecule has 2 rings (SSSR count). The van der Waals surface area contributed by atoms with Crippen LogP contribution in [0.3, 0.4) is 0 Å². The van der Waals surface area contributed by atoms with Gasteiger partial charge in [0.05, 0.1) is 18.1 Å². The molecule has 0 heterocycles. The standard InChI is InChI=1S/C22H36N4O2.HI/c1-6-23-21(24-15-18-10-9-11-19(14-18)28-17(2)3)25-16-22(12-7-8-13-22)20(27)26(4)5;/h9-11,14,17H,6-8,12-13,15-16H2,1-5H3,(H2,23,24,25);1H. The normalized spacial score (nSPS) is 15.6. The fourth-order valence-corrected chi connectivity index (χ4v) is 3.75. The van der Waals surface area contributed by atoms with E-state index in [2.05, 4.69) is 10.6 Å². The number of rotatable bonds is 8. The van der Waals surface area contributed by atoms with Crippen molar-refractivity contribution in [3.63, 3.8) is 0 Å². The minimum absolute atomic E-state index is 0. The van der Waals surface area contributed by atoms with Gasteiger partial charge in [-0.1, -0.05) is 25.0 Å². The molecule has 2 N–H and O–H groups in total. The maximum absolute atomic E-state index is 12.8. The first kappa shape index (κ1) is 25.5. The van der Waals surface area contributed by atoms with Crippen LogP contribution in [0.5, 0.6) is 5.75 Å². The first-order valence-corrected chi connectivity index (χ1v) is 10.4. The predicted octanol–water partition coefficient (Wildman–Crippen LogP) is 3.80. The highest BCUT2D eigenvalue weighted by Crippen LogP contribution is 2.38. The monoisotopic (exact) mass is 516 g/mol. The maximum Gasteiger partial charge on any atom is 0.230 e. The quantitative estimate of drug-likeness (QED) is 0.314. The zero-order chi connectivity index (χ0) is 20.6. The van der Waals surface area contributed by atoms with Gasteiger partial charge in [-0.05, 0) is 51.3 Å². The Labute approximate surface area is 192 Å². The first-order valence-electron chi connectivity index (χ1n) is 10.4. The number of guanidine groups is 1. The molecule has 0 aliphatic heterocycles. The molecule has 29 heavy (non-hydrogen) atoms. The molecule has 0 aromatic heterocycles. The fourth-order valence-electron chi connectivity index (χ4n) is 3.75. The zero-order valence-corrected chi connectivity index (χ0v) is 20.8. The van der Waals surface area contributed by atoms with Crippen LogP contribution in [0.25, 0.3) is 0 Å². The number of nitrogens with one attached hydrogen (secondary N) is 2. The molecule has 1 aliphatic rings. The Hall–Kier alpha value is -1.51. The third-order valence-electron chi connectivity index (χ3n) is 5.05. The van der Waals surface area contributed by atoms with Crippen molar-refractivity contribution < 1.29 is 9.53 Å². The smallest absolute Gasteiger partial charge is 0.230 e. The van der Waals surface area contributed by atoms with Crippen molar-refractivity contribution in [1.82, 2.24) is 15.5 Å². The van der Waals surface area contributed by atoms with Gasteiger partial charge in [0.25, 0.3) is 0 Å². The molecule has 1 aromatic rings. The van der Waals surface area contributed by atoms with E-state index in [4.69, 9.17) is 9.73 Å². The van der Waals surface area contributed by atoms with E-state index in [-0.39, 0.29) is 41.4 Å². The van der Waals surface area contributed by atoms with Crippen molar-refractivity contribution in [3.05, 3.63) is 29.8 Å². The van der Waals surface area contributed by atoms with Gasteiger partial charge in [0, 0.05) is 27.2 Å². The van der Waals surface area contributed by atoms with E-state index in [0.29, 0.717) is 13.1 Å². The third kappa shape index (κ3) is 7.68. The summed E-state index contributed by atoms with van der Waals surface area (Å²) in [5.74, 6) is 1.82. The number of halogens is 1. The van der Waals surface area contributed by atoms with Gasteiger partial charge in [0.1, 0.15) is 5.75 Å². The van der Waals surface area contributed by atoms with Gasteiger partial charge in [-0.2, -0.15) is 0 Å². The number of ether oxygens (including phenoxy) is 1. The zero-order valence-electron chi connectivity index (χ0n) is 18.5. The molecule has 0 saturated heterocycles. The van der Waals surface area contributed by atoms with Gasteiger partial charge in [-0.25, -0.2) is 4.99 Å². The van der Waals surface area contributed by atoms with Gasteiger partial charge in [0.15, 0.2) is 5.96 Å². The van der Waals surface area contributed by atoms with E-state index in [1.807, 2.05) is 59.1 Å². The lowest BCUT2D eigenvalue weighted by Crippen LogP contribution is -2.49. The molecule has 1 fully saturated rings. The van der Waals surface area contributed by atoms with Crippen molar-refractivity contribution in [2.45, 2.75) is 59.1 Å². The topological polar surface area (TPSA) is 66.0 Å². The molecule has 0 spiro atoms. The second-order valence-corrected chi connectivity index (χ2v) is 8.05. The van der Waals surface area contributed by atoms with E-state index in [1.165, 1.54) is 0 Å². The molecule has 1 amide bonds. The Kier molecular flexibility index (Phi) is 10.8. The number of benzene rings is 1. The van der Waals surface area contributed by atoms with Crippen molar-refractivity contribution in [2.24, 2.45) is 10.4 Å². The highest BCUT2D eigenvalue weighted by atomic mass is 127. The Bertz CT molecular complexity index is 671. The summed E-state index contributed by atoms with van der Waals surface area (Å²) in [5.41, 5.74) is 0.778. The number of carbonyl (C=O) groups is 1. The maximum atomic E-state index is 12.8. The molecule has 1 aromatic carbocycles. The molecule has 0 unspecified atom stereocenters. The van der Waals surface area contributed by atoms with E-state index in [9.17, 15) is 4.79 Å². The largest absolute Gasteiger partial charge is 0.491 e. The summed E-state index contributed by atoms with van der Waals surface area (Å²) in [4.78, 5) is 19.2. The molecule has 0 atom stereocenters. The lowest BCUT2D eigenvalue weighted by Gasteiger charge is -2.31. The predicted molar refractivity (Wildman–Crippen MR) is 130 cm³/mol. The molecule has 6 nitrogen and oxygen atoms in total. The summed E-state index contributed by atoms with van der Waals surface area (Å²) < 4.78 is 5.76. The van der Waals surface area contributed by atoms with Crippen LogP contribution in [0.15, 0.2) is 29.3 Å². The molecule has 0 bridgehead atoms. The second kappa shape index (κ2) is 12.2. The summed E-state index contributed by atoms with van der Waals surface area (Å²) in [5, 5.41) is 6.71. The number of nitrogens with zero attached hydrogens (tertiary/aromatic N) is 2. The van der Waals surface area contributed by atoms with Gasteiger partial charge < -0.3 is 20.3 Å². The van der Waals surface area contributed by atoms with Crippen LogP contribution in [0.2, 0.25) is 0 Å².